The minimum Gasteiger partial charge on any atom is -0.338 e. The lowest BCUT2D eigenvalue weighted by Gasteiger charge is -2.35. The number of carbonyl (C=O) groups excluding carboxylic acids is 1. The van der Waals surface area contributed by atoms with Gasteiger partial charge in [-0.15, -0.1) is 0 Å². The molecule has 0 unspecified atom stereocenters. The van der Waals surface area contributed by atoms with E-state index in [1.165, 1.54) is 12.8 Å². The molecule has 4 heteroatoms. The number of amides is 2. The van der Waals surface area contributed by atoms with Gasteiger partial charge in [-0.25, -0.2) is 4.79 Å². The van der Waals surface area contributed by atoms with Crippen molar-refractivity contribution in [2.75, 3.05) is 39.3 Å². The van der Waals surface area contributed by atoms with Gasteiger partial charge in [-0.1, -0.05) is 33.6 Å². The third-order valence-corrected chi connectivity index (χ3v) is 3.34. The zero-order valence-corrected chi connectivity index (χ0v) is 12.2. The zero-order valence-electron chi connectivity index (χ0n) is 12.2. The van der Waals surface area contributed by atoms with Crippen molar-refractivity contribution in [2.24, 2.45) is 5.92 Å². The van der Waals surface area contributed by atoms with Crippen LogP contribution in [0.15, 0.2) is 0 Å². The van der Waals surface area contributed by atoms with Gasteiger partial charge in [0.1, 0.15) is 0 Å². The Kier molecular flexibility index (Phi) is 7.09. The number of hydrogen-bond acceptors (Lipinski definition) is 2. The SMILES string of the molecule is CCCCCNC(=O)N1CCN(CC(C)C)CC1. The first kappa shape index (κ1) is 15.3. The molecule has 4 nitrogen and oxygen atoms in total. The largest absolute Gasteiger partial charge is 0.338 e. The third-order valence-electron chi connectivity index (χ3n) is 3.34. The molecule has 106 valence electrons. The number of nitrogens with zero attached hydrogens (tertiary/aromatic N) is 2. The fraction of sp³-hybridized carbons (Fsp3) is 0.929. The number of piperazine rings is 1. The summed E-state index contributed by atoms with van der Waals surface area (Å²) in [7, 11) is 0. The van der Waals surface area contributed by atoms with Crippen LogP contribution in [0.2, 0.25) is 0 Å². The first-order chi connectivity index (χ1) is 8.63. The summed E-state index contributed by atoms with van der Waals surface area (Å²) in [5, 5.41) is 3.01. The molecule has 1 N–H and O–H groups in total. The summed E-state index contributed by atoms with van der Waals surface area (Å²) in [6.07, 6.45) is 3.49. The number of carbonyl (C=O) groups is 1. The molecule has 2 amide bonds. The van der Waals surface area contributed by atoms with E-state index in [4.69, 9.17) is 0 Å². The van der Waals surface area contributed by atoms with Crippen molar-refractivity contribution in [3.05, 3.63) is 0 Å². The van der Waals surface area contributed by atoms with Gasteiger partial charge in [0.05, 0.1) is 0 Å². The van der Waals surface area contributed by atoms with Gasteiger partial charge in [-0.05, 0) is 12.3 Å². The monoisotopic (exact) mass is 255 g/mol. The summed E-state index contributed by atoms with van der Waals surface area (Å²) >= 11 is 0. The Morgan fingerprint density at radius 2 is 1.83 bits per heavy atom. The summed E-state index contributed by atoms with van der Waals surface area (Å²) in [5.41, 5.74) is 0. The van der Waals surface area contributed by atoms with Crippen molar-refractivity contribution in [2.45, 2.75) is 40.0 Å². The maximum Gasteiger partial charge on any atom is 0.317 e. The number of hydrogen-bond donors (Lipinski definition) is 1. The third kappa shape index (κ3) is 5.71. The molecule has 0 atom stereocenters. The predicted molar refractivity (Wildman–Crippen MR) is 75.8 cm³/mol. The Labute approximate surface area is 112 Å². The smallest absolute Gasteiger partial charge is 0.317 e. The molecule has 1 aliphatic rings. The van der Waals surface area contributed by atoms with Gasteiger partial charge in [0.25, 0.3) is 0 Å². The molecule has 18 heavy (non-hydrogen) atoms. The van der Waals surface area contributed by atoms with Crippen molar-refractivity contribution in [3.63, 3.8) is 0 Å². The Morgan fingerprint density at radius 3 is 2.39 bits per heavy atom. The van der Waals surface area contributed by atoms with Crippen LogP contribution in [0.5, 0.6) is 0 Å². The van der Waals surface area contributed by atoms with Crippen LogP contribution in [-0.4, -0.2) is 55.1 Å². The quantitative estimate of drug-likeness (QED) is 0.738. The molecule has 0 bridgehead atoms. The second-order valence-electron chi connectivity index (χ2n) is 5.62. The Hall–Kier alpha value is -0.770. The topological polar surface area (TPSA) is 35.6 Å². The average molecular weight is 255 g/mol. The summed E-state index contributed by atoms with van der Waals surface area (Å²) in [5.74, 6) is 0.708. The van der Waals surface area contributed by atoms with Crippen LogP contribution >= 0.6 is 0 Å². The maximum absolute atomic E-state index is 11.9. The molecule has 1 fully saturated rings. The molecule has 0 spiro atoms. The van der Waals surface area contributed by atoms with E-state index in [0.717, 1.165) is 45.7 Å². The van der Waals surface area contributed by atoms with Crippen LogP contribution in [0.3, 0.4) is 0 Å². The standard InChI is InChI=1S/C14H29N3O/c1-4-5-6-7-15-14(18)17-10-8-16(9-11-17)12-13(2)3/h13H,4-12H2,1-3H3,(H,15,18). The van der Waals surface area contributed by atoms with Gasteiger partial charge in [0.2, 0.25) is 0 Å². The van der Waals surface area contributed by atoms with Crippen LogP contribution < -0.4 is 5.32 Å². The van der Waals surface area contributed by atoms with E-state index in [1.807, 2.05) is 4.90 Å². The molecule has 1 saturated heterocycles. The van der Waals surface area contributed by atoms with E-state index in [1.54, 1.807) is 0 Å². The summed E-state index contributed by atoms with van der Waals surface area (Å²) in [6.45, 7) is 12.4. The Balaban J connectivity index is 2.15. The highest BCUT2D eigenvalue weighted by atomic mass is 16.2. The van der Waals surface area contributed by atoms with Crippen LogP contribution in [0.1, 0.15) is 40.0 Å². The Morgan fingerprint density at radius 1 is 1.17 bits per heavy atom. The second-order valence-corrected chi connectivity index (χ2v) is 5.62. The van der Waals surface area contributed by atoms with Gasteiger partial charge in [-0.2, -0.15) is 0 Å². The van der Waals surface area contributed by atoms with E-state index in [2.05, 4.69) is 31.0 Å². The fourth-order valence-corrected chi connectivity index (χ4v) is 2.33. The molecular weight excluding hydrogens is 226 g/mol. The molecule has 0 aromatic carbocycles. The van der Waals surface area contributed by atoms with Crippen LogP contribution in [-0.2, 0) is 0 Å². The van der Waals surface area contributed by atoms with E-state index in [0.29, 0.717) is 5.92 Å². The van der Waals surface area contributed by atoms with Gasteiger partial charge in [-0.3, -0.25) is 4.90 Å². The van der Waals surface area contributed by atoms with Crippen LogP contribution in [0.4, 0.5) is 4.79 Å². The molecule has 0 saturated carbocycles. The molecule has 0 aromatic heterocycles. The lowest BCUT2D eigenvalue weighted by molar-refractivity contribution is 0.131. The van der Waals surface area contributed by atoms with Gasteiger partial charge < -0.3 is 10.2 Å². The molecule has 0 aromatic rings. The molecule has 1 aliphatic heterocycles. The van der Waals surface area contributed by atoms with Gasteiger partial charge in [0, 0.05) is 39.3 Å². The number of rotatable bonds is 6. The summed E-state index contributed by atoms with van der Waals surface area (Å²) in [6, 6.07) is 0.121. The van der Waals surface area contributed by atoms with Crippen molar-refractivity contribution in [3.8, 4) is 0 Å². The minimum atomic E-state index is 0.121. The highest BCUT2D eigenvalue weighted by Gasteiger charge is 2.20. The number of urea groups is 1. The first-order valence-electron chi connectivity index (χ1n) is 7.38. The van der Waals surface area contributed by atoms with E-state index in [9.17, 15) is 4.79 Å². The number of unbranched alkanes of at least 4 members (excludes halogenated alkanes) is 2. The highest BCUT2D eigenvalue weighted by Crippen LogP contribution is 2.05. The van der Waals surface area contributed by atoms with Crippen LogP contribution in [0, 0.1) is 5.92 Å². The molecular formula is C14H29N3O. The zero-order chi connectivity index (χ0) is 13.4. The van der Waals surface area contributed by atoms with Gasteiger partial charge in [0.15, 0.2) is 0 Å². The second kappa shape index (κ2) is 8.35. The molecule has 0 radical (unpaired) electrons. The summed E-state index contributed by atoms with van der Waals surface area (Å²) < 4.78 is 0. The first-order valence-corrected chi connectivity index (χ1v) is 7.38. The van der Waals surface area contributed by atoms with E-state index < -0.39 is 0 Å². The fourth-order valence-electron chi connectivity index (χ4n) is 2.33. The van der Waals surface area contributed by atoms with Crippen molar-refractivity contribution in [1.29, 1.82) is 0 Å². The lowest BCUT2D eigenvalue weighted by Crippen LogP contribution is -2.52. The van der Waals surface area contributed by atoms with E-state index >= 15 is 0 Å². The minimum absolute atomic E-state index is 0.121. The Bertz CT molecular complexity index is 235. The van der Waals surface area contributed by atoms with Crippen LogP contribution in [0.25, 0.3) is 0 Å². The van der Waals surface area contributed by atoms with E-state index in [-0.39, 0.29) is 6.03 Å². The number of nitrogens with one attached hydrogen (secondary N) is 1. The lowest BCUT2D eigenvalue weighted by atomic mass is 10.2. The average Bonchev–Trinajstić information content (AvgIpc) is 2.34. The summed E-state index contributed by atoms with van der Waals surface area (Å²) in [4.78, 5) is 16.3. The van der Waals surface area contributed by atoms with Crippen molar-refractivity contribution in [1.82, 2.24) is 15.1 Å². The van der Waals surface area contributed by atoms with Crippen molar-refractivity contribution >= 4 is 6.03 Å². The van der Waals surface area contributed by atoms with Gasteiger partial charge >= 0.3 is 6.03 Å². The predicted octanol–water partition coefficient (Wildman–Crippen LogP) is 2.16. The normalized spacial score (nSPS) is 17.2. The molecule has 1 heterocycles. The van der Waals surface area contributed by atoms with Crippen molar-refractivity contribution < 1.29 is 4.79 Å². The maximum atomic E-state index is 11.9. The molecule has 0 aliphatic carbocycles. The molecule has 1 rings (SSSR count). The highest BCUT2D eigenvalue weighted by molar-refractivity contribution is 5.74.